The summed E-state index contributed by atoms with van der Waals surface area (Å²) in [6.07, 6.45) is 1.63. The van der Waals surface area contributed by atoms with Crippen LogP contribution < -0.4 is 10.9 Å². The molecule has 1 aromatic carbocycles. The SMILES string of the molecule is CCCc1cc(=O)[nH]c(Nc2ccc(F)c(Cl)c2)n1. The van der Waals surface area contributed by atoms with Crippen LogP contribution in [0.2, 0.25) is 5.02 Å². The number of anilines is 2. The van der Waals surface area contributed by atoms with Crippen molar-refractivity contribution in [2.75, 3.05) is 5.32 Å². The third-order valence-electron chi connectivity index (χ3n) is 2.48. The van der Waals surface area contributed by atoms with Crippen molar-refractivity contribution in [2.45, 2.75) is 19.8 Å². The monoisotopic (exact) mass is 281 g/mol. The molecule has 2 aromatic rings. The molecule has 0 bridgehead atoms. The number of aromatic nitrogens is 2. The van der Waals surface area contributed by atoms with Crippen molar-refractivity contribution in [1.82, 2.24) is 9.97 Å². The fourth-order valence-electron chi connectivity index (χ4n) is 1.66. The second-order valence-corrected chi connectivity index (χ2v) is 4.50. The molecule has 0 aliphatic carbocycles. The fourth-order valence-corrected chi connectivity index (χ4v) is 1.84. The van der Waals surface area contributed by atoms with E-state index in [-0.39, 0.29) is 10.6 Å². The minimum Gasteiger partial charge on any atom is -0.326 e. The number of nitrogens with zero attached hydrogens (tertiary/aromatic N) is 1. The molecule has 0 radical (unpaired) electrons. The Morgan fingerprint density at radius 3 is 2.89 bits per heavy atom. The molecular weight excluding hydrogens is 269 g/mol. The molecule has 0 fully saturated rings. The molecule has 0 spiro atoms. The van der Waals surface area contributed by atoms with Gasteiger partial charge in [-0.15, -0.1) is 0 Å². The predicted octanol–water partition coefficient (Wildman–Crippen LogP) is 3.26. The number of H-pyrrole nitrogens is 1. The van der Waals surface area contributed by atoms with Gasteiger partial charge >= 0.3 is 0 Å². The smallest absolute Gasteiger partial charge is 0.252 e. The number of rotatable bonds is 4. The van der Waals surface area contributed by atoms with Gasteiger partial charge in [-0.25, -0.2) is 9.37 Å². The molecule has 4 nitrogen and oxygen atoms in total. The first kappa shape index (κ1) is 13.5. The lowest BCUT2D eigenvalue weighted by Gasteiger charge is -2.07. The molecule has 1 aromatic heterocycles. The Balaban J connectivity index is 2.27. The highest BCUT2D eigenvalue weighted by Crippen LogP contribution is 2.21. The molecule has 0 unspecified atom stereocenters. The lowest BCUT2D eigenvalue weighted by molar-refractivity contribution is 0.628. The second kappa shape index (κ2) is 5.84. The maximum absolute atomic E-state index is 13.0. The van der Waals surface area contributed by atoms with Crippen LogP contribution in [0.1, 0.15) is 19.0 Å². The molecule has 0 saturated heterocycles. The van der Waals surface area contributed by atoms with E-state index in [1.54, 1.807) is 0 Å². The van der Waals surface area contributed by atoms with Crippen LogP contribution in [-0.2, 0) is 6.42 Å². The number of benzene rings is 1. The standard InChI is InChI=1S/C13H13ClFN3O/c1-2-3-8-7-12(19)18-13(16-8)17-9-4-5-11(15)10(14)6-9/h4-7H,2-3H2,1H3,(H2,16,17,18,19). The number of aromatic amines is 1. The topological polar surface area (TPSA) is 57.8 Å². The van der Waals surface area contributed by atoms with Crippen LogP contribution in [0.25, 0.3) is 0 Å². The summed E-state index contributed by atoms with van der Waals surface area (Å²) in [6, 6.07) is 5.67. The van der Waals surface area contributed by atoms with E-state index in [1.807, 2.05) is 6.92 Å². The second-order valence-electron chi connectivity index (χ2n) is 4.09. The van der Waals surface area contributed by atoms with E-state index in [9.17, 15) is 9.18 Å². The summed E-state index contributed by atoms with van der Waals surface area (Å²) in [5, 5.41) is 2.90. The van der Waals surface area contributed by atoms with Gasteiger partial charge in [-0.2, -0.15) is 0 Å². The maximum Gasteiger partial charge on any atom is 0.252 e. The quantitative estimate of drug-likeness (QED) is 0.904. The first-order valence-electron chi connectivity index (χ1n) is 5.91. The highest BCUT2D eigenvalue weighted by atomic mass is 35.5. The zero-order chi connectivity index (χ0) is 13.8. The average Bonchev–Trinajstić information content (AvgIpc) is 2.33. The molecule has 0 aliphatic rings. The third-order valence-corrected chi connectivity index (χ3v) is 2.77. The van der Waals surface area contributed by atoms with Crippen LogP contribution in [0.5, 0.6) is 0 Å². The molecule has 0 saturated carbocycles. The molecule has 2 N–H and O–H groups in total. The molecule has 0 aliphatic heterocycles. The first-order valence-corrected chi connectivity index (χ1v) is 6.28. The summed E-state index contributed by atoms with van der Waals surface area (Å²) in [6.45, 7) is 2.01. The molecule has 19 heavy (non-hydrogen) atoms. The van der Waals surface area contributed by atoms with Gasteiger partial charge in [0.15, 0.2) is 0 Å². The van der Waals surface area contributed by atoms with Crippen molar-refractivity contribution in [2.24, 2.45) is 0 Å². The number of nitrogens with one attached hydrogen (secondary N) is 2. The first-order chi connectivity index (χ1) is 9.08. The molecule has 2 rings (SSSR count). The van der Waals surface area contributed by atoms with E-state index in [0.717, 1.165) is 12.8 Å². The van der Waals surface area contributed by atoms with Crippen LogP contribution >= 0.6 is 11.6 Å². The summed E-state index contributed by atoms with van der Waals surface area (Å²) in [5.41, 5.74) is 1.04. The van der Waals surface area contributed by atoms with Gasteiger partial charge in [-0.05, 0) is 24.6 Å². The minimum absolute atomic E-state index is 0.0112. The lowest BCUT2D eigenvalue weighted by atomic mass is 10.2. The van der Waals surface area contributed by atoms with Crippen LogP contribution in [0.15, 0.2) is 29.1 Å². The molecule has 100 valence electrons. The van der Waals surface area contributed by atoms with E-state index in [1.165, 1.54) is 24.3 Å². The maximum atomic E-state index is 13.0. The zero-order valence-electron chi connectivity index (χ0n) is 10.3. The Bertz CT molecular complexity index is 642. The van der Waals surface area contributed by atoms with Crippen molar-refractivity contribution in [1.29, 1.82) is 0 Å². The Morgan fingerprint density at radius 2 is 2.21 bits per heavy atom. The summed E-state index contributed by atoms with van der Waals surface area (Å²) in [7, 11) is 0. The fraction of sp³-hybridized carbons (Fsp3) is 0.231. The number of halogens is 2. The van der Waals surface area contributed by atoms with E-state index >= 15 is 0 Å². The highest BCUT2D eigenvalue weighted by Gasteiger charge is 2.04. The van der Waals surface area contributed by atoms with E-state index < -0.39 is 5.82 Å². The van der Waals surface area contributed by atoms with Crippen LogP contribution in [0.4, 0.5) is 16.0 Å². The van der Waals surface area contributed by atoms with Gasteiger partial charge in [0.1, 0.15) is 5.82 Å². The van der Waals surface area contributed by atoms with E-state index in [4.69, 9.17) is 11.6 Å². The van der Waals surface area contributed by atoms with Crippen molar-refractivity contribution < 1.29 is 4.39 Å². The van der Waals surface area contributed by atoms with Gasteiger partial charge < -0.3 is 5.32 Å². The molecule has 0 amide bonds. The Kier molecular flexibility index (Phi) is 4.16. The zero-order valence-corrected chi connectivity index (χ0v) is 11.1. The van der Waals surface area contributed by atoms with Crippen LogP contribution in [0.3, 0.4) is 0 Å². The normalized spacial score (nSPS) is 10.5. The summed E-state index contributed by atoms with van der Waals surface area (Å²) < 4.78 is 13.0. The minimum atomic E-state index is -0.492. The van der Waals surface area contributed by atoms with Gasteiger partial charge in [0.25, 0.3) is 5.56 Å². The highest BCUT2D eigenvalue weighted by molar-refractivity contribution is 6.31. The summed E-state index contributed by atoms with van der Waals surface area (Å²) >= 11 is 5.68. The van der Waals surface area contributed by atoms with Gasteiger partial charge in [0, 0.05) is 17.4 Å². The molecule has 6 heteroatoms. The van der Waals surface area contributed by atoms with Crippen molar-refractivity contribution in [3.63, 3.8) is 0 Å². The Labute approximate surface area is 114 Å². The molecular formula is C13H13ClFN3O. The number of hydrogen-bond acceptors (Lipinski definition) is 3. The number of hydrogen-bond donors (Lipinski definition) is 2. The summed E-state index contributed by atoms with van der Waals surface area (Å²) in [4.78, 5) is 18.3. The third kappa shape index (κ3) is 3.54. The Morgan fingerprint density at radius 1 is 1.42 bits per heavy atom. The van der Waals surface area contributed by atoms with Gasteiger partial charge in [0.2, 0.25) is 5.95 Å². The van der Waals surface area contributed by atoms with Crippen molar-refractivity contribution >= 4 is 23.2 Å². The molecule has 1 heterocycles. The molecule has 0 atom stereocenters. The Hall–Kier alpha value is -1.88. The van der Waals surface area contributed by atoms with Gasteiger partial charge in [-0.1, -0.05) is 24.9 Å². The lowest BCUT2D eigenvalue weighted by Crippen LogP contribution is -2.12. The van der Waals surface area contributed by atoms with Crippen molar-refractivity contribution in [3.8, 4) is 0 Å². The summed E-state index contributed by atoms with van der Waals surface area (Å²) in [5.74, 6) is -0.174. The van der Waals surface area contributed by atoms with Gasteiger partial charge in [-0.3, -0.25) is 9.78 Å². The van der Waals surface area contributed by atoms with E-state index in [0.29, 0.717) is 17.3 Å². The van der Waals surface area contributed by atoms with Gasteiger partial charge in [0.05, 0.1) is 5.02 Å². The van der Waals surface area contributed by atoms with Crippen LogP contribution in [-0.4, -0.2) is 9.97 Å². The van der Waals surface area contributed by atoms with Crippen LogP contribution in [0, 0.1) is 5.82 Å². The number of aryl methyl sites for hydroxylation is 1. The average molecular weight is 282 g/mol. The van der Waals surface area contributed by atoms with E-state index in [2.05, 4.69) is 15.3 Å². The predicted molar refractivity (Wildman–Crippen MR) is 73.5 cm³/mol. The largest absolute Gasteiger partial charge is 0.326 e. The van der Waals surface area contributed by atoms with Crippen molar-refractivity contribution in [3.05, 3.63) is 51.2 Å².